The molecule has 0 fully saturated rings. The van der Waals surface area contributed by atoms with Crippen LogP contribution in [0.5, 0.6) is 0 Å². The summed E-state index contributed by atoms with van der Waals surface area (Å²) < 4.78 is 27.8. The van der Waals surface area contributed by atoms with Crippen molar-refractivity contribution in [2.45, 2.75) is 11.5 Å². The molecule has 0 aliphatic rings. The van der Waals surface area contributed by atoms with Crippen molar-refractivity contribution in [3.63, 3.8) is 0 Å². The van der Waals surface area contributed by atoms with Crippen LogP contribution in [0.4, 0.5) is 0 Å². The van der Waals surface area contributed by atoms with Crippen LogP contribution in [0.2, 0.25) is 5.02 Å². The Morgan fingerprint density at radius 1 is 1.10 bits per heavy atom. The smallest absolute Gasteiger partial charge is 0.338 e. The standard InChI is InChI=1S/C15H13ClO4S/c1-21(18,19)13-8-6-11(7-9-13)15(17)20-10-12-4-2-3-5-14(12)16/h2-9H,10H2,1H3. The van der Waals surface area contributed by atoms with E-state index >= 15 is 0 Å². The molecule has 0 N–H and O–H groups in total. The molecule has 4 nitrogen and oxygen atoms in total. The Balaban J connectivity index is 2.06. The van der Waals surface area contributed by atoms with Crippen molar-refractivity contribution >= 4 is 27.4 Å². The van der Waals surface area contributed by atoms with Gasteiger partial charge in [0.15, 0.2) is 9.84 Å². The van der Waals surface area contributed by atoms with Gasteiger partial charge in [0.2, 0.25) is 0 Å². The highest BCUT2D eigenvalue weighted by Crippen LogP contribution is 2.17. The lowest BCUT2D eigenvalue weighted by Gasteiger charge is -2.07. The van der Waals surface area contributed by atoms with Crippen LogP contribution in [0.25, 0.3) is 0 Å². The van der Waals surface area contributed by atoms with E-state index in [9.17, 15) is 13.2 Å². The van der Waals surface area contributed by atoms with Gasteiger partial charge in [-0.2, -0.15) is 0 Å². The highest BCUT2D eigenvalue weighted by Gasteiger charge is 2.11. The molecular formula is C15H13ClO4S. The third-order valence-electron chi connectivity index (χ3n) is 2.83. The molecule has 0 unspecified atom stereocenters. The first kappa shape index (κ1) is 15.5. The molecule has 21 heavy (non-hydrogen) atoms. The summed E-state index contributed by atoms with van der Waals surface area (Å²) in [5.41, 5.74) is 0.995. The second kappa shape index (κ2) is 6.28. The monoisotopic (exact) mass is 324 g/mol. The average molecular weight is 325 g/mol. The van der Waals surface area contributed by atoms with Crippen LogP contribution in [0.3, 0.4) is 0 Å². The second-order valence-electron chi connectivity index (χ2n) is 4.46. The molecule has 0 saturated carbocycles. The first-order valence-corrected chi connectivity index (χ1v) is 8.35. The third-order valence-corrected chi connectivity index (χ3v) is 4.33. The number of sulfone groups is 1. The number of halogens is 1. The van der Waals surface area contributed by atoms with Gasteiger partial charge in [0.1, 0.15) is 6.61 Å². The summed E-state index contributed by atoms with van der Waals surface area (Å²) in [5, 5.41) is 0.526. The molecule has 0 aliphatic carbocycles. The van der Waals surface area contributed by atoms with E-state index in [4.69, 9.17) is 16.3 Å². The predicted octanol–water partition coefficient (Wildman–Crippen LogP) is 3.10. The molecule has 2 aromatic carbocycles. The highest BCUT2D eigenvalue weighted by atomic mass is 35.5. The SMILES string of the molecule is CS(=O)(=O)c1ccc(C(=O)OCc2ccccc2Cl)cc1. The van der Waals surface area contributed by atoms with Crippen LogP contribution in [0.1, 0.15) is 15.9 Å². The number of hydrogen-bond acceptors (Lipinski definition) is 4. The van der Waals surface area contributed by atoms with E-state index in [1.54, 1.807) is 24.3 Å². The van der Waals surface area contributed by atoms with Crippen molar-refractivity contribution in [1.82, 2.24) is 0 Å². The van der Waals surface area contributed by atoms with Crippen molar-refractivity contribution in [3.05, 3.63) is 64.7 Å². The van der Waals surface area contributed by atoms with Crippen LogP contribution < -0.4 is 0 Å². The zero-order valence-corrected chi connectivity index (χ0v) is 12.8. The summed E-state index contributed by atoms with van der Waals surface area (Å²) in [6.45, 7) is 0.0618. The Kier molecular flexibility index (Phi) is 4.65. The van der Waals surface area contributed by atoms with Crippen molar-refractivity contribution < 1.29 is 17.9 Å². The first-order valence-electron chi connectivity index (χ1n) is 6.08. The van der Waals surface area contributed by atoms with Gasteiger partial charge >= 0.3 is 5.97 Å². The number of rotatable bonds is 4. The lowest BCUT2D eigenvalue weighted by atomic mass is 10.2. The highest BCUT2D eigenvalue weighted by molar-refractivity contribution is 7.90. The van der Waals surface area contributed by atoms with Gasteiger partial charge in [-0.05, 0) is 30.3 Å². The van der Waals surface area contributed by atoms with Crippen molar-refractivity contribution in [3.8, 4) is 0 Å². The fraction of sp³-hybridized carbons (Fsp3) is 0.133. The van der Waals surface area contributed by atoms with E-state index in [1.165, 1.54) is 24.3 Å². The normalized spacial score (nSPS) is 11.1. The number of ether oxygens (including phenoxy) is 1. The Bertz CT molecular complexity index is 751. The maximum absolute atomic E-state index is 11.9. The van der Waals surface area contributed by atoms with Gasteiger partial charge in [-0.3, -0.25) is 0 Å². The zero-order chi connectivity index (χ0) is 15.5. The van der Waals surface area contributed by atoms with E-state index in [1.807, 2.05) is 0 Å². The number of carbonyl (C=O) groups is 1. The molecule has 0 aliphatic heterocycles. The van der Waals surface area contributed by atoms with E-state index in [-0.39, 0.29) is 17.1 Å². The number of benzene rings is 2. The number of hydrogen-bond donors (Lipinski definition) is 0. The molecule has 110 valence electrons. The largest absolute Gasteiger partial charge is 0.457 e. The third kappa shape index (κ3) is 4.06. The van der Waals surface area contributed by atoms with E-state index in [0.29, 0.717) is 10.6 Å². The molecule has 0 amide bonds. The van der Waals surface area contributed by atoms with Crippen molar-refractivity contribution in [1.29, 1.82) is 0 Å². The molecule has 0 radical (unpaired) electrons. The first-order chi connectivity index (χ1) is 9.88. The van der Waals surface area contributed by atoms with Crippen LogP contribution in [0, 0.1) is 0 Å². The minimum atomic E-state index is -3.28. The van der Waals surface area contributed by atoms with Crippen LogP contribution in [0.15, 0.2) is 53.4 Å². The molecule has 0 spiro atoms. The topological polar surface area (TPSA) is 60.4 Å². The van der Waals surface area contributed by atoms with Gasteiger partial charge < -0.3 is 4.74 Å². The predicted molar refractivity (Wildman–Crippen MR) is 80.1 cm³/mol. The summed E-state index contributed by atoms with van der Waals surface area (Å²) in [6, 6.07) is 12.7. The molecule has 0 aromatic heterocycles. The second-order valence-corrected chi connectivity index (χ2v) is 6.89. The summed E-state index contributed by atoms with van der Waals surface area (Å²) >= 11 is 5.97. The van der Waals surface area contributed by atoms with Crippen molar-refractivity contribution in [2.75, 3.05) is 6.26 Å². The van der Waals surface area contributed by atoms with Gasteiger partial charge in [-0.15, -0.1) is 0 Å². The molecule has 0 bridgehead atoms. The van der Waals surface area contributed by atoms with E-state index < -0.39 is 15.8 Å². The zero-order valence-electron chi connectivity index (χ0n) is 11.2. The van der Waals surface area contributed by atoms with E-state index in [0.717, 1.165) is 6.26 Å². The molecule has 2 rings (SSSR count). The molecule has 0 atom stereocenters. The summed E-state index contributed by atoms with van der Waals surface area (Å²) in [6.07, 6.45) is 1.11. The molecule has 0 heterocycles. The Hall–Kier alpha value is -1.85. The Morgan fingerprint density at radius 3 is 2.29 bits per heavy atom. The van der Waals surface area contributed by atoms with Gasteiger partial charge in [-0.1, -0.05) is 29.8 Å². The maximum Gasteiger partial charge on any atom is 0.338 e. The molecule has 2 aromatic rings. The van der Waals surface area contributed by atoms with E-state index in [2.05, 4.69) is 0 Å². The summed E-state index contributed by atoms with van der Waals surface area (Å²) in [7, 11) is -3.28. The van der Waals surface area contributed by atoms with Crippen LogP contribution >= 0.6 is 11.6 Å². The molecular weight excluding hydrogens is 312 g/mol. The van der Waals surface area contributed by atoms with Gasteiger partial charge in [0.25, 0.3) is 0 Å². The number of esters is 1. The fourth-order valence-electron chi connectivity index (χ4n) is 1.68. The minimum Gasteiger partial charge on any atom is -0.457 e. The lowest BCUT2D eigenvalue weighted by molar-refractivity contribution is 0.0473. The summed E-state index contributed by atoms with van der Waals surface area (Å²) in [5.74, 6) is -0.532. The minimum absolute atomic E-state index is 0.0618. The lowest BCUT2D eigenvalue weighted by Crippen LogP contribution is -2.06. The van der Waals surface area contributed by atoms with Crippen LogP contribution in [-0.2, 0) is 21.2 Å². The quantitative estimate of drug-likeness (QED) is 0.811. The van der Waals surface area contributed by atoms with Crippen molar-refractivity contribution in [2.24, 2.45) is 0 Å². The fourth-order valence-corrected chi connectivity index (χ4v) is 2.50. The van der Waals surface area contributed by atoms with Gasteiger partial charge in [0.05, 0.1) is 10.5 Å². The molecule has 6 heteroatoms. The Labute approximate surface area is 128 Å². The van der Waals surface area contributed by atoms with Crippen LogP contribution in [-0.4, -0.2) is 20.6 Å². The maximum atomic E-state index is 11.9. The van der Waals surface area contributed by atoms with Gasteiger partial charge in [-0.25, -0.2) is 13.2 Å². The number of carbonyl (C=O) groups excluding carboxylic acids is 1. The Morgan fingerprint density at radius 2 is 1.71 bits per heavy atom. The average Bonchev–Trinajstić information content (AvgIpc) is 2.45. The van der Waals surface area contributed by atoms with Gasteiger partial charge in [0, 0.05) is 16.8 Å². The molecule has 0 saturated heterocycles. The summed E-state index contributed by atoms with van der Waals surface area (Å²) in [4.78, 5) is 12.0.